The van der Waals surface area contributed by atoms with E-state index in [0.29, 0.717) is 6.42 Å². The minimum atomic E-state index is -3.68. The fourth-order valence-corrected chi connectivity index (χ4v) is 2.02. The number of benzene rings is 1. The van der Waals surface area contributed by atoms with E-state index in [1.807, 2.05) is 0 Å². The Hall–Kier alpha value is -0.920. The highest BCUT2D eigenvalue weighted by Crippen LogP contribution is 2.10. The number of ether oxygens (including phenoxy) is 1. The van der Waals surface area contributed by atoms with Crippen molar-refractivity contribution in [2.75, 3.05) is 5.33 Å². The van der Waals surface area contributed by atoms with Gasteiger partial charge < -0.3 is 4.74 Å². The van der Waals surface area contributed by atoms with Crippen molar-refractivity contribution in [3.8, 4) is 0 Å². The van der Waals surface area contributed by atoms with Crippen LogP contribution in [0.3, 0.4) is 0 Å². The van der Waals surface area contributed by atoms with Gasteiger partial charge in [0.25, 0.3) is 0 Å². The van der Waals surface area contributed by atoms with E-state index in [2.05, 4.69) is 15.9 Å². The molecular weight excluding hydrogens is 322 g/mol. The second-order valence-corrected chi connectivity index (χ2v) is 6.00. The molecule has 1 rings (SSSR count). The Kier molecular flexibility index (Phi) is 5.77. The van der Waals surface area contributed by atoms with Crippen LogP contribution in [0.25, 0.3) is 0 Å². The molecule has 1 aromatic carbocycles. The Balaban J connectivity index is 2.52. The molecule has 0 saturated heterocycles. The number of sulfonamides is 1. The highest BCUT2D eigenvalue weighted by Gasteiger charge is 2.07. The van der Waals surface area contributed by atoms with Gasteiger partial charge in [0.15, 0.2) is 0 Å². The van der Waals surface area contributed by atoms with E-state index in [-0.39, 0.29) is 17.5 Å². The summed E-state index contributed by atoms with van der Waals surface area (Å²) in [6, 6.07) is 5.91. The summed E-state index contributed by atoms with van der Waals surface area (Å²) in [4.78, 5) is 11.3. The monoisotopic (exact) mass is 335 g/mol. The maximum Gasteiger partial charge on any atom is 0.306 e. The van der Waals surface area contributed by atoms with Crippen LogP contribution in [0.2, 0.25) is 0 Å². The van der Waals surface area contributed by atoms with Crippen molar-refractivity contribution in [2.45, 2.75) is 24.3 Å². The van der Waals surface area contributed by atoms with Crippen LogP contribution in [0.1, 0.15) is 18.4 Å². The number of esters is 1. The third-order valence-electron chi connectivity index (χ3n) is 2.17. The molecule has 0 bridgehead atoms. The quantitative estimate of drug-likeness (QED) is 0.631. The van der Waals surface area contributed by atoms with Gasteiger partial charge in [0, 0.05) is 11.8 Å². The molecule has 0 aromatic heterocycles. The molecule has 0 saturated carbocycles. The van der Waals surface area contributed by atoms with Crippen molar-refractivity contribution in [1.82, 2.24) is 0 Å². The molecule has 0 aliphatic rings. The van der Waals surface area contributed by atoms with Crippen LogP contribution < -0.4 is 5.14 Å². The molecule has 7 heteroatoms. The van der Waals surface area contributed by atoms with E-state index >= 15 is 0 Å². The highest BCUT2D eigenvalue weighted by atomic mass is 79.9. The molecule has 0 fully saturated rings. The van der Waals surface area contributed by atoms with Gasteiger partial charge >= 0.3 is 5.97 Å². The number of carbonyl (C=O) groups excluding carboxylic acids is 1. The average molecular weight is 336 g/mol. The smallest absolute Gasteiger partial charge is 0.306 e. The Morgan fingerprint density at radius 3 is 2.39 bits per heavy atom. The van der Waals surface area contributed by atoms with Crippen molar-refractivity contribution < 1.29 is 17.9 Å². The van der Waals surface area contributed by atoms with Crippen LogP contribution in [0.15, 0.2) is 29.2 Å². The molecule has 1 aromatic rings. The number of nitrogens with two attached hydrogens (primary N) is 1. The zero-order chi connectivity index (χ0) is 13.6. The van der Waals surface area contributed by atoms with Crippen molar-refractivity contribution >= 4 is 31.9 Å². The lowest BCUT2D eigenvalue weighted by Crippen LogP contribution is -2.12. The topological polar surface area (TPSA) is 86.5 Å². The predicted octanol–water partition coefficient (Wildman–Crippen LogP) is 1.55. The lowest BCUT2D eigenvalue weighted by atomic mass is 10.2. The van der Waals surface area contributed by atoms with E-state index in [0.717, 1.165) is 17.3 Å². The number of hydrogen-bond acceptors (Lipinski definition) is 4. The van der Waals surface area contributed by atoms with E-state index in [1.165, 1.54) is 12.1 Å². The second-order valence-electron chi connectivity index (χ2n) is 3.64. The molecule has 0 spiro atoms. The number of primary sulfonamides is 1. The first-order valence-corrected chi connectivity index (χ1v) is 7.93. The van der Waals surface area contributed by atoms with Gasteiger partial charge in [-0.05, 0) is 24.1 Å². The number of alkyl halides is 1. The van der Waals surface area contributed by atoms with Crippen LogP contribution in [-0.4, -0.2) is 19.7 Å². The molecule has 0 aliphatic carbocycles. The van der Waals surface area contributed by atoms with Crippen LogP contribution in [-0.2, 0) is 26.2 Å². The van der Waals surface area contributed by atoms with E-state index < -0.39 is 10.0 Å². The third-order valence-corrected chi connectivity index (χ3v) is 3.66. The van der Waals surface area contributed by atoms with Crippen molar-refractivity contribution in [3.05, 3.63) is 29.8 Å². The standard InChI is InChI=1S/C11H14BrNO4S/c12-7-1-2-11(14)17-8-9-3-5-10(6-4-9)18(13,15)16/h3-6H,1-2,7-8H2,(H2,13,15,16). The summed E-state index contributed by atoms with van der Waals surface area (Å²) in [6.07, 6.45) is 1.09. The van der Waals surface area contributed by atoms with Gasteiger partial charge in [0.2, 0.25) is 10.0 Å². The molecule has 2 N–H and O–H groups in total. The number of halogens is 1. The first kappa shape index (κ1) is 15.1. The van der Waals surface area contributed by atoms with Gasteiger partial charge in [0.05, 0.1) is 4.90 Å². The van der Waals surface area contributed by atoms with E-state index in [1.54, 1.807) is 12.1 Å². The fraction of sp³-hybridized carbons (Fsp3) is 0.364. The van der Waals surface area contributed by atoms with Crippen LogP contribution in [0, 0.1) is 0 Å². The summed E-state index contributed by atoms with van der Waals surface area (Å²) < 4.78 is 27.0. The number of rotatable bonds is 6. The molecule has 100 valence electrons. The Bertz CT molecular complexity index is 498. The molecule has 18 heavy (non-hydrogen) atoms. The second kappa shape index (κ2) is 6.86. The summed E-state index contributed by atoms with van der Waals surface area (Å²) in [6.45, 7) is 0.131. The highest BCUT2D eigenvalue weighted by molar-refractivity contribution is 9.09. The number of hydrogen-bond donors (Lipinski definition) is 1. The Morgan fingerprint density at radius 2 is 1.89 bits per heavy atom. The lowest BCUT2D eigenvalue weighted by molar-refractivity contribution is -0.144. The van der Waals surface area contributed by atoms with Crippen LogP contribution >= 0.6 is 15.9 Å². The summed E-state index contributed by atoms with van der Waals surface area (Å²) in [5.74, 6) is -0.273. The Morgan fingerprint density at radius 1 is 1.28 bits per heavy atom. The summed E-state index contributed by atoms with van der Waals surface area (Å²) in [7, 11) is -3.68. The average Bonchev–Trinajstić information content (AvgIpc) is 2.33. The van der Waals surface area contributed by atoms with Gasteiger partial charge in [0.1, 0.15) is 6.61 Å². The van der Waals surface area contributed by atoms with Crippen LogP contribution in [0.5, 0.6) is 0 Å². The normalized spacial score (nSPS) is 11.2. The molecule has 0 heterocycles. The maximum absolute atomic E-state index is 11.2. The molecule has 0 radical (unpaired) electrons. The Labute approximate surface area is 114 Å². The number of carbonyl (C=O) groups is 1. The third kappa shape index (κ3) is 5.16. The van der Waals surface area contributed by atoms with Crippen LogP contribution in [0.4, 0.5) is 0 Å². The van der Waals surface area contributed by atoms with Gasteiger partial charge in [-0.15, -0.1) is 0 Å². The largest absolute Gasteiger partial charge is 0.461 e. The van der Waals surface area contributed by atoms with Gasteiger partial charge in [-0.25, -0.2) is 13.6 Å². The molecule has 5 nitrogen and oxygen atoms in total. The predicted molar refractivity (Wildman–Crippen MR) is 70.6 cm³/mol. The van der Waals surface area contributed by atoms with E-state index in [4.69, 9.17) is 9.88 Å². The van der Waals surface area contributed by atoms with Gasteiger partial charge in [-0.1, -0.05) is 28.1 Å². The summed E-state index contributed by atoms with van der Waals surface area (Å²) in [5.41, 5.74) is 0.717. The lowest BCUT2D eigenvalue weighted by Gasteiger charge is -2.05. The first-order chi connectivity index (χ1) is 8.43. The summed E-state index contributed by atoms with van der Waals surface area (Å²) >= 11 is 3.22. The minimum absolute atomic E-state index is 0.0388. The van der Waals surface area contributed by atoms with Crippen molar-refractivity contribution in [3.63, 3.8) is 0 Å². The van der Waals surface area contributed by atoms with Gasteiger partial charge in [-0.2, -0.15) is 0 Å². The molecule has 0 unspecified atom stereocenters. The first-order valence-electron chi connectivity index (χ1n) is 5.27. The van der Waals surface area contributed by atoms with E-state index in [9.17, 15) is 13.2 Å². The zero-order valence-electron chi connectivity index (χ0n) is 9.63. The molecular formula is C11H14BrNO4S. The van der Waals surface area contributed by atoms with Crippen molar-refractivity contribution in [1.29, 1.82) is 0 Å². The van der Waals surface area contributed by atoms with Gasteiger partial charge in [-0.3, -0.25) is 4.79 Å². The minimum Gasteiger partial charge on any atom is -0.461 e. The molecule has 0 atom stereocenters. The molecule has 0 aliphatic heterocycles. The fourth-order valence-electron chi connectivity index (χ4n) is 1.22. The summed E-state index contributed by atoms with van der Waals surface area (Å²) in [5, 5.41) is 5.72. The molecule has 0 amide bonds. The SMILES string of the molecule is NS(=O)(=O)c1ccc(COC(=O)CCCBr)cc1. The maximum atomic E-state index is 11.2. The zero-order valence-corrected chi connectivity index (χ0v) is 12.0. The van der Waals surface area contributed by atoms with Crippen molar-refractivity contribution in [2.24, 2.45) is 5.14 Å².